The zero-order valence-electron chi connectivity index (χ0n) is 13.9. The summed E-state index contributed by atoms with van der Waals surface area (Å²) in [6.45, 7) is 1.31. The third-order valence-corrected chi connectivity index (χ3v) is 4.71. The van der Waals surface area contributed by atoms with Crippen molar-refractivity contribution in [2.75, 3.05) is 13.1 Å². The van der Waals surface area contributed by atoms with Crippen molar-refractivity contribution < 1.29 is 18.8 Å². The maximum Gasteiger partial charge on any atom is 0.276 e. The van der Waals surface area contributed by atoms with E-state index in [0.717, 1.165) is 12.5 Å². The number of amides is 1. The van der Waals surface area contributed by atoms with E-state index in [1.807, 2.05) is 18.2 Å². The number of aromatic nitrogens is 1. The minimum Gasteiger partial charge on any atom is -0.505 e. The van der Waals surface area contributed by atoms with Crippen molar-refractivity contribution in [2.45, 2.75) is 12.3 Å². The Kier molecular flexibility index (Phi) is 4.16. The van der Waals surface area contributed by atoms with E-state index in [4.69, 9.17) is 4.52 Å². The first-order chi connectivity index (χ1) is 12.6. The van der Waals surface area contributed by atoms with Gasteiger partial charge in [-0.15, -0.1) is 0 Å². The fourth-order valence-corrected chi connectivity index (χ4v) is 3.28. The van der Waals surface area contributed by atoms with E-state index < -0.39 is 11.6 Å². The Balaban J connectivity index is 1.49. The van der Waals surface area contributed by atoms with Gasteiger partial charge in [-0.25, -0.2) is 4.39 Å². The minimum absolute atomic E-state index is 0.190. The summed E-state index contributed by atoms with van der Waals surface area (Å²) in [5.41, 5.74) is 1.89. The SMILES string of the molecule is O=C(c1cc(-c2ccc(F)c(O)c2)on1)N1CCC(c2ccccc2)C1. The van der Waals surface area contributed by atoms with Crippen molar-refractivity contribution in [2.24, 2.45) is 0 Å². The molecule has 2 heterocycles. The molecular formula is C20H17FN2O3. The molecule has 0 saturated carbocycles. The number of carbonyl (C=O) groups is 1. The largest absolute Gasteiger partial charge is 0.505 e. The summed E-state index contributed by atoms with van der Waals surface area (Å²) in [6.07, 6.45) is 0.909. The summed E-state index contributed by atoms with van der Waals surface area (Å²) in [5, 5.41) is 13.3. The molecular weight excluding hydrogens is 335 g/mol. The maximum absolute atomic E-state index is 13.2. The molecule has 1 aliphatic rings. The predicted molar refractivity (Wildman–Crippen MR) is 93.3 cm³/mol. The van der Waals surface area contributed by atoms with Crippen molar-refractivity contribution >= 4 is 5.91 Å². The highest BCUT2D eigenvalue weighted by molar-refractivity contribution is 5.93. The molecule has 1 unspecified atom stereocenters. The van der Waals surface area contributed by atoms with Crippen molar-refractivity contribution in [1.29, 1.82) is 0 Å². The zero-order valence-corrected chi connectivity index (χ0v) is 13.9. The predicted octanol–water partition coefficient (Wildman–Crippen LogP) is 3.82. The highest BCUT2D eigenvalue weighted by atomic mass is 19.1. The lowest BCUT2D eigenvalue weighted by Gasteiger charge is -2.15. The number of benzene rings is 2. The molecule has 4 rings (SSSR count). The molecule has 0 radical (unpaired) electrons. The van der Waals surface area contributed by atoms with Gasteiger partial charge in [0, 0.05) is 30.6 Å². The second-order valence-electron chi connectivity index (χ2n) is 6.39. The van der Waals surface area contributed by atoms with Gasteiger partial charge in [-0.2, -0.15) is 0 Å². The van der Waals surface area contributed by atoms with Gasteiger partial charge in [0.05, 0.1) is 0 Å². The number of nitrogens with zero attached hydrogens (tertiary/aromatic N) is 2. The second-order valence-corrected chi connectivity index (χ2v) is 6.39. The highest BCUT2D eigenvalue weighted by Crippen LogP contribution is 2.29. The fraction of sp³-hybridized carbons (Fsp3) is 0.200. The van der Waals surface area contributed by atoms with Crippen LogP contribution in [0.5, 0.6) is 5.75 Å². The highest BCUT2D eigenvalue weighted by Gasteiger charge is 2.29. The third kappa shape index (κ3) is 3.06. The van der Waals surface area contributed by atoms with Gasteiger partial charge in [-0.1, -0.05) is 35.5 Å². The Hall–Kier alpha value is -3.15. The lowest BCUT2D eigenvalue weighted by Crippen LogP contribution is -2.28. The first-order valence-corrected chi connectivity index (χ1v) is 8.41. The molecule has 1 aromatic heterocycles. The molecule has 3 aromatic rings. The number of likely N-dealkylation sites (tertiary alicyclic amines) is 1. The molecule has 1 N–H and O–H groups in total. The van der Waals surface area contributed by atoms with Gasteiger partial charge in [0.2, 0.25) is 0 Å². The molecule has 132 valence electrons. The van der Waals surface area contributed by atoms with E-state index in [2.05, 4.69) is 17.3 Å². The fourth-order valence-electron chi connectivity index (χ4n) is 3.28. The number of halogens is 1. The molecule has 1 aliphatic heterocycles. The van der Waals surface area contributed by atoms with Gasteiger partial charge in [-0.05, 0) is 30.2 Å². The van der Waals surface area contributed by atoms with Crippen molar-refractivity contribution in [3.8, 4) is 17.1 Å². The van der Waals surface area contributed by atoms with Crippen molar-refractivity contribution in [3.63, 3.8) is 0 Å². The maximum atomic E-state index is 13.2. The van der Waals surface area contributed by atoms with E-state index in [9.17, 15) is 14.3 Å². The number of phenols is 1. The average Bonchev–Trinajstić information content (AvgIpc) is 3.34. The first kappa shape index (κ1) is 16.3. The summed E-state index contributed by atoms with van der Waals surface area (Å²) in [7, 11) is 0. The number of rotatable bonds is 3. The van der Waals surface area contributed by atoms with Crippen molar-refractivity contribution in [1.82, 2.24) is 10.1 Å². The van der Waals surface area contributed by atoms with Crippen LogP contribution in [0.1, 0.15) is 28.4 Å². The molecule has 0 aliphatic carbocycles. The van der Waals surface area contributed by atoms with Crippen LogP contribution in [-0.4, -0.2) is 34.2 Å². The van der Waals surface area contributed by atoms with Crippen LogP contribution in [-0.2, 0) is 0 Å². The molecule has 1 atom stereocenters. The number of carbonyl (C=O) groups excluding carboxylic acids is 1. The summed E-state index contributed by atoms with van der Waals surface area (Å²) < 4.78 is 18.4. The molecule has 5 nitrogen and oxygen atoms in total. The molecule has 2 aromatic carbocycles. The molecule has 1 saturated heterocycles. The summed E-state index contributed by atoms with van der Waals surface area (Å²) in [5.74, 6) is -0.751. The summed E-state index contributed by atoms with van der Waals surface area (Å²) in [6, 6.07) is 15.5. The minimum atomic E-state index is -0.714. The quantitative estimate of drug-likeness (QED) is 0.778. The molecule has 1 fully saturated rings. The number of hydrogen-bond acceptors (Lipinski definition) is 4. The van der Waals surface area contributed by atoms with E-state index in [0.29, 0.717) is 30.3 Å². The Morgan fingerprint density at radius 3 is 2.77 bits per heavy atom. The Labute approximate surface area is 149 Å². The van der Waals surface area contributed by atoms with Gasteiger partial charge in [-0.3, -0.25) is 4.79 Å². The van der Waals surface area contributed by atoms with Crippen LogP contribution in [0.15, 0.2) is 59.1 Å². The van der Waals surface area contributed by atoms with Crippen LogP contribution in [0.3, 0.4) is 0 Å². The van der Waals surface area contributed by atoms with Crippen LogP contribution in [0.25, 0.3) is 11.3 Å². The van der Waals surface area contributed by atoms with Crippen LogP contribution in [0, 0.1) is 5.82 Å². The topological polar surface area (TPSA) is 66.6 Å². The van der Waals surface area contributed by atoms with Crippen LogP contribution in [0.4, 0.5) is 4.39 Å². The van der Waals surface area contributed by atoms with Gasteiger partial charge in [0.25, 0.3) is 5.91 Å². The average molecular weight is 352 g/mol. The van der Waals surface area contributed by atoms with Gasteiger partial charge < -0.3 is 14.5 Å². The molecule has 0 spiro atoms. The van der Waals surface area contributed by atoms with Gasteiger partial charge >= 0.3 is 0 Å². The van der Waals surface area contributed by atoms with E-state index in [1.165, 1.54) is 23.8 Å². The standard InChI is InChI=1S/C20H17FN2O3/c21-16-7-6-14(10-18(16)24)19-11-17(22-26-19)20(25)23-9-8-15(12-23)13-4-2-1-3-5-13/h1-7,10-11,15,24H,8-9,12H2. The van der Waals surface area contributed by atoms with Gasteiger partial charge in [0.1, 0.15) is 0 Å². The zero-order chi connectivity index (χ0) is 18.1. The molecule has 26 heavy (non-hydrogen) atoms. The summed E-state index contributed by atoms with van der Waals surface area (Å²) >= 11 is 0. The Bertz CT molecular complexity index is 939. The first-order valence-electron chi connectivity index (χ1n) is 8.41. The molecule has 1 amide bonds. The second kappa shape index (κ2) is 6.63. The van der Waals surface area contributed by atoms with Crippen LogP contribution < -0.4 is 0 Å². The lowest BCUT2D eigenvalue weighted by atomic mass is 9.99. The molecule has 6 heteroatoms. The van der Waals surface area contributed by atoms with E-state index in [1.54, 1.807) is 4.90 Å². The Morgan fingerprint density at radius 1 is 1.19 bits per heavy atom. The Morgan fingerprint density at radius 2 is 2.00 bits per heavy atom. The van der Waals surface area contributed by atoms with Crippen LogP contribution >= 0.6 is 0 Å². The third-order valence-electron chi connectivity index (χ3n) is 4.71. The van der Waals surface area contributed by atoms with Crippen LogP contribution in [0.2, 0.25) is 0 Å². The smallest absolute Gasteiger partial charge is 0.276 e. The summed E-state index contributed by atoms with van der Waals surface area (Å²) in [4.78, 5) is 14.4. The monoisotopic (exact) mass is 352 g/mol. The normalized spacial score (nSPS) is 16.8. The van der Waals surface area contributed by atoms with E-state index >= 15 is 0 Å². The number of phenolic OH excluding ortho intramolecular Hbond substituents is 1. The van der Waals surface area contributed by atoms with Gasteiger partial charge in [0.15, 0.2) is 23.0 Å². The van der Waals surface area contributed by atoms with E-state index in [-0.39, 0.29) is 11.6 Å². The van der Waals surface area contributed by atoms with Crippen molar-refractivity contribution in [3.05, 3.63) is 71.7 Å². The lowest BCUT2D eigenvalue weighted by molar-refractivity contribution is 0.0780. The number of hydrogen-bond donors (Lipinski definition) is 1. The number of aromatic hydroxyl groups is 1. The molecule has 0 bridgehead atoms.